The van der Waals surface area contributed by atoms with Gasteiger partial charge >= 0.3 is 0 Å². The third-order valence-corrected chi connectivity index (χ3v) is 3.17. The number of nitrogens with one attached hydrogen (secondary N) is 1. The van der Waals surface area contributed by atoms with E-state index in [-0.39, 0.29) is 18.6 Å². The van der Waals surface area contributed by atoms with Crippen molar-refractivity contribution in [2.45, 2.75) is 6.10 Å². The predicted octanol–water partition coefficient (Wildman–Crippen LogP) is 1.65. The molecule has 1 aromatic carbocycles. The maximum atomic E-state index is 11.0. The molecular weight excluding hydrogens is 274 g/mol. The fourth-order valence-corrected chi connectivity index (χ4v) is 2.09. The molecule has 0 saturated carbocycles. The van der Waals surface area contributed by atoms with Crippen LogP contribution in [0.4, 0.5) is 0 Å². The summed E-state index contributed by atoms with van der Waals surface area (Å²) < 4.78 is 11.6. The van der Waals surface area contributed by atoms with Gasteiger partial charge in [0.2, 0.25) is 5.91 Å². The van der Waals surface area contributed by atoms with Gasteiger partial charge in [-0.25, -0.2) is 0 Å². The minimum Gasteiger partial charge on any atom is -0.497 e. The lowest BCUT2D eigenvalue weighted by Gasteiger charge is -2.24. The molecule has 1 N–H and O–H groups in total. The second-order valence-electron chi connectivity index (χ2n) is 3.49. The molecule has 1 aromatic rings. The van der Waals surface area contributed by atoms with E-state index in [1.165, 1.54) is 0 Å². The molecule has 1 unspecified atom stereocenters. The van der Waals surface area contributed by atoms with Crippen LogP contribution in [0.2, 0.25) is 0 Å². The number of morpholine rings is 1. The Hall–Kier alpha value is -1.07. The average molecular weight is 286 g/mol. The standard InChI is InChI=1S/C11H12BrNO3/c1-15-7-2-3-9(12)8(4-7)10-5-13-11(14)6-16-10/h2-4,10H,5-6H2,1H3,(H,13,14). The Morgan fingerprint density at radius 3 is 3.00 bits per heavy atom. The van der Waals surface area contributed by atoms with Gasteiger partial charge in [0, 0.05) is 16.6 Å². The van der Waals surface area contributed by atoms with Crippen molar-refractivity contribution in [2.24, 2.45) is 0 Å². The first-order valence-corrected chi connectivity index (χ1v) is 5.71. The van der Waals surface area contributed by atoms with Gasteiger partial charge in [0.1, 0.15) is 18.5 Å². The van der Waals surface area contributed by atoms with Gasteiger partial charge in [0.15, 0.2) is 0 Å². The molecule has 1 aliphatic heterocycles. The maximum Gasteiger partial charge on any atom is 0.246 e. The minimum absolute atomic E-state index is 0.0738. The summed E-state index contributed by atoms with van der Waals surface area (Å²) in [5, 5.41) is 2.77. The van der Waals surface area contributed by atoms with Crippen molar-refractivity contribution < 1.29 is 14.3 Å². The average Bonchev–Trinajstić information content (AvgIpc) is 2.31. The highest BCUT2D eigenvalue weighted by atomic mass is 79.9. The molecule has 1 amide bonds. The summed E-state index contributed by atoms with van der Waals surface area (Å²) in [5.74, 6) is 0.703. The molecule has 0 aliphatic carbocycles. The third kappa shape index (κ3) is 2.36. The van der Waals surface area contributed by atoms with E-state index in [1.54, 1.807) is 7.11 Å². The first kappa shape index (κ1) is 11.4. The van der Waals surface area contributed by atoms with Crippen molar-refractivity contribution in [1.29, 1.82) is 0 Å². The molecule has 1 aliphatic rings. The van der Waals surface area contributed by atoms with Crippen molar-refractivity contribution in [3.05, 3.63) is 28.2 Å². The van der Waals surface area contributed by atoms with Gasteiger partial charge in [0.05, 0.1) is 7.11 Å². The second-order valence-corrected chi connectivity index (χ2v) is 4.35. The van der Waals surface area contributed by atoms with Crippen LogP contribution in [0.25, 0.3) is 0 Å². The zero-order chi connectivity index (χ0) is 11.5. The van der Waals surface area contributed by atoms with Crippen LogP contribution in [0.5, 0.6) is 5.75 Å². The first-order valence-electron chi connectivity index (χ1n) is 4.92. The van der Waals surface area contributed by atoms with E-state index in [0.29, 0.717) is 6.54 Å². The Morgan fingerprint density at radius 1 is 1.56 bits per heavy atom. The Labute approximate surface area is 102 Å². The maximum absolute atomic E-state index is 11.0. The Balaban J connectivity index is 2.22. The summed E-state index contributed by atoms with van der Waals surface area (Å²) in [6.07, 6.45) is -0.123. The highest BCUT2D eigenvalue weighted by molar-refractivity contribution is 9.10. The lowest BCUT2D eigenvalue weighted by atomic mass is 10.1. The van der Waals surface area contributed by atoms with Gasteiger partial charge in [-0.2, -0.15) is 0 Å². The minimum atomic E-state index is -0.123. The van der Waals surface area contributed by atoms with Gasteiger partial charge < -0.3 is 14.8 Å². The topological polar surface area (TPSA) is 47.6 Å². The number of carbonyl (C=O) groups excluding carboxylic acids is 1. The number of rotatable bonds is 2. The van der Waals surface area contributed by atoms with Crippen molar-refractivity contribution >= 4 is 21.8 Å². The summed E-state index contributed by atoms with van der Waals surface area (Å²) in [6.45, 7) is 0.596. The van der Waals surface area contributed by atoms with Crippen molar-refractivity contribution in [1.82, 2.24) is 5.32 Å². The molecule has 0 bridgehead atoms. The molecule has 16 heavy (non-hydrogen) atoms. The van der Waals surface area contributed by atoms with Crippen molar-refractivity contribution in [3.63, 3.8) is 0 Å². The lowest BCUT2D eigenvalue weighted by molar-refractivity contribution is -0.133. The van der Waals surface area contributed by atoms with Crippen LogP contribution in [0.1, 0.15) is 11.7 Å². The number of amides is 1. The molecule has 1 heterocycles. The molecule has 0 radical (unpaired) electrons. The van der Waals surface area contributed by atoms with Crippen LogP contribution in [0.15, 0.2) is 22.7 Å². The summed E-state index contributed by atoms with van der Waals surface area (Å²) in [5.41, 5.74) is 0.986. The van der Waals surface area contributed by atoms with E-state index < -0.39 is 0 Å². The molecule has 5 heteroatoms. The SMILES string of the molecule is COc1ccc(Br)c(C2CNC(=O)CO2)c1. The van der Waals surface area contributed by atoms with E-state index in [4.69, 9.17) is 9.47 Å². The van der Waals surface area contributed by atoms with Crippen molar-refractivity contribution in [2.75, 3.05) is 20.3 Å². The molecular formula is C11H12BrNO3. The normalized spacial score (nSPS) is 20.4. The van der Waals surface area contributed by atoms with Crippen LogP contribution < -0.4 is 10.1 Å². The molecule has 1 atom stereocenters. The number of carbonyl (C=O) groups is 1. The molecule has 0 spiro atoms. The van der Waals surface area contributed by atoms with E-state index in [0.717, 1.165) is 15.8 Å². The number of hydrogen-bond acceptors (Lipinski definition) is 3. The summed E-state index contributed by atoms with van der Waals surface area (Å²) >= 11 is 3.46. The van der Waals surface area contributed by atoms with Gasteiger partial charge in [-0.15, -0.1) is 0 Å². The third-order valence-electron chi connectivity index (χ3n) is 2.45. The van der Waals surface area contributed by atoms with E-state index in [2.05, 4.69) is 21.2 Å². The monoisotopic (exact) mass is 285 g/mol. The number of ether oxygens (including phenoxy) is 2. The smallest absolute Gasteiger partial charge is 0.246 e. The van der Waals surface area contributed by atoms with E-state index in [1.807, 2.05) is 18.2 Å². The molecule has 2 rings (SSSR count). The number of halogens is 1. The first-order chi connectivity index (χ1) is 7.70. The second kappa shape index (κ2) is 4.84. The molecule has 4 nitrogen and oxygen atoms in total. The van der Waals surface area contributed by atoms with E-state index >= 15 is 0 Å². The number of benzene rings is 1. The highest BCUT2D eigenvalue weighted by Crippen LogP contribution is 2.30. The molecule has 0 aromatic heterocycles. The van der Waals surface area contributed by atoms with Crippen LogP contribution in [-0.2, 0) is 9.53 Å². The largest absolute Gasteiger partial charge is 0.497 e. The fraction of sp³-hybridized carbons (Fsp3) is 0.364. The van der Waals surface area contributed by atoms with Crippen LogP contribution >= 0.6 is 15.9 Å². The Bertz CT molecular complexity index is 398. The quantitative estimate of drug-likeness (QED) is 0.899. The Kier molecular flexibility index (Phi) is 3.46. The highest BCUT2D eigenvalue weighted by Gasteiger charge is 2.22. The van der Waals surface area contributed by atoms with Gasteiger partial charge in [-0.05, 0) is 18.2 Å². The number of hydrogen-bond donors (Lipinski definition) is 1. The molecule has 1 saturated heterocycles. The zero-order valence-corrected chi connectivity index (χ0v) is 10.4. The van der Waals surface area contributed by atoms with Crippen LogP contribution in [0, 0.1) is 0 Å². The summed E-state index contributed by atoms with van der Waals surface area (Å²) in [6, 6.07) is 5.69. The van der Waals surface area contributed by atoms with Gasteiger partial charge in [0.25, 0.3) is 0 Å². The lowest BCUT2D eigenvalue weighted by Crippen LogP contribution is -2.38. The fourth-order valence-electron chi connectivity index (χ4n) is 1.59. The van der Waals surface area contributed by atoms with Crippen LogP contribution in [-0.4, -0.2) is 26.2 Å². The van der Waals surface area contributed by atoms with Gasteiger partial charge in [-0.1, -0.05) is 15.9 Å². The zero-order valence-electron chi connectivity index (χ0n) is 8.83. The van der Waals surface area contributed by atoms with Gasteiger partial charge in [-0.3, -0.25) is 4.79 Å². The summed E-state index contributed by atoms with van der Waals surface area (Å²) in [7, 11) is 1.62. The van der Waals surface area contributed by atoms with Crippen molar-refractivity contribution in [3.8, 4) is 5.75 Å². The Morgan fingerprint density at radius 2 is 2.38 bits per heavy atom. The molecule has 86 valence electrons. The number of methoxy groups -OCH3 is 1. The predicted molar refractivity (Wildman–Crippen MR) is 62.4 cm³/mol. The van der Waals surface area contributed by atoms with E-state index in [9.17, 15) is 4.79 Å². The molecule has 1 fully saturated rings. The summed E-state index contributed by atoms with van der Waals surface area (Å²) in [4.78, 5) is 11.0. The van der Waals surface area contributed by atoms with Crippen LogP contribution in [0.3, 0.4) is 0 Å².